The molecule has 0 saturated carbocycles. The first kappa shape index (κ1) is 19.9. The molecule has 2 atom stereocenters. The molecule has 1 unspecified atom stereocenters. The van der Waals surface area contributed by atoms with Gasteiger partial charge in [-0.15, -0.1) is 10.2 Å². The van der Waals surface area contributed by atoms with Gasteiger partial charge in [-0.2, -0.15) is 13.2 Å². The van der Waals surface area contributed by atoms with Gasteiger partial charge in [-0.05, 0) is 38.7 Å². The number of nitrogens with zero attached hydrogens (tertiary/aromatic N) is 4. The molecule has 1 fully saturated rings. The lowest BCUT2D eigenvalue weighted by atomic mass is 9.97. The number of nitrogen functional groups attached to an aromatic ring is 1. The molecule has 3 N–H and O–H groups in total. The maximum absolute atomic E-state index is 13.8. The molecule has 0 aliphatic carbocycles. The van der Waals surface area contributed by atoms with Crippen LogP contribution in [-0.2, 0) is 11.8 Å². The number of halogens is 3. The molecule has 2 aromatic rings. The van der Waals surface area contributed by atoms with E-state index in [9.17, 15) is 18.3 Å². The van der Waals surface area contributed by atoms with E-state index in [1.165, 1.54) is 0 Å². The Morgan fingerprint density at radius 1 is 1.21 bits per heavy atom. The summed E-state index contributed by atoms with van der Waals surface area (Å²) < 4.78 is 46.9. The van der Waals surface area contributed by atoms with E-state index < -0.39 is 17.3 Å². The van der Waals surface area contributed by atoms with Crippen molar-refractivity contribution < 1.29 is 22.7 Å². The highest BCUT2D eigenvalue weighted by Crippen LogP contribution is 2.42. The molecule has 2 aliphatic heterocycles. The van der Waals surface area contributed by atoms with Crippen molar-refractivity contribution in [1.29, 1.82) is 0 Å². The van der Waals surface area contributed by atoms with Gasteiger partial charge >= 0.3 is 6.18 Å². The fraction of sp³-hybridized carbons (Fsp3) is 0.632. The van der Waals surface area contributed by atoms with Gasteiger partial charge in [0.15, 0.2) is 5.69 Å². The van der Waals surface area contributed by atoms with Crippen molar-refractivity contribution in [2.24, 2.45) is 0 Å². The van der Waals surface area contributed by atoms with Crippen LogP contribution in [0.2, 0.25) is 0 Å². The molecule has 1 saturated heterocycles. The van der Waals surface area contributed by atoms with Gasteiger partial charge in [0.05, 0.1) is 5.69 Å². The van der Waals surface area contributed by atoms with E-state index in [1.54, 1.807) is 11.8 Å². The van der Waals surface area contributed by atoms with Crippen LogP contribution in [0, 0.1) is 0 Å². The standard InChI is InChI=1S/C19H24F3N5O2/c1-18(28)8-4-2-3-6-11-7-5-9-27(11)15-12(19(20,21)22)10-13(23)14(24-15)16-25-26-17(18)29-16/h10-11,28H,2-9,23H2,1H3/t11-,18?/m1/s1. The number of hydrogen-bond donors (Lipinski definition) is 2. The number of hydrogen-bond acceptors (Lipinski definition) is 7. The number of alkyl halides is 3. The first-order chi connectivity index (χ1) is 13.7. The van der Waals surface area contributed by atoms with Gasteiger partial charge in [0.2, 0.25) is 5.89 Å². The fourth-order valence-electron chi connectivity index (χ4n) is 4.20. The number of rotatable bonds is 0. The van der Waals surface area contributed by atoms with Crippen LogP contribution >= 0.6 is 0 Å². The third-order valence-corrected chi connectivity index (χ3v) is 5.78. The van der Waals surface area contributed by atoms with Crippen molar-refractivity contribution in [1.82, 2.24) is 15.2 Å². The summed E-state index contributed by atoms with van der Waals surface area (Å²) in [4.78, 5) is 6.01. The summed E-state index contributed by atoms with van der Waals surface area (Å²) in [5, 5.41) is 18.5. The van der Waals surface area contributed by atoms with Crippen molar-refractivity contribution in [3.05, 3.63) is 17.5 Å². The monoisotopic (exact) mass is 411 g/mol. The summed E-state index contributed by atoms with van der Waals surface area (Å²) in [5.41, 5.74) is 3.53. The zero-order chi connectivity index (χ0) is 20.8. The Bertz CT molecular complexity index is 896. The van der Waals surface area contributed by atoms with Gasteiger partial charge in [0, 0.05) is 12.6 Å². The summed E-state index contributed by atoms with van der Waals surface area (Å²) in [6.07, 6.45) is 0.727. The zero-order valence-electron chi connectivity index (χ0n) is 16.2. The molecular formula is C19H24F3N5O2. The second-order valence-electron chi connectivity index (χ2n) is 8.07. The predicted molar refractivity (Wildman–Crippen MR) is 100.0 cm³/mol. The Balaban J connectivity index is 1.88. The quantitative estimate of drug-likeness (QED) is 0.678. The summed E-state index contributed by atoms with van der Waals surface area (Å²) >= 11 is 0. The Morgan fingerprint density at radius 3 is 2.72 bits per heavy atom. The van der Waals surface area contributed by atoms with E-state index in [1.807, 2.05) is 0 Å². The van der Waals surface area contributed by atoms with E-state index in [-0.39, 0.29) is 35.0 Å². The molecule has 10 heteroatoms. The van der Waals surface area contributed by atoms with Crippen molar-refractivity contribution in [3.8, 4) is 11.6 Å². The third kappa shape index (κ3) is 3.77. The zero-order valence-corrected chi connectivity index (χ0v) is 16.2. The van der Waals surface area contributed by atoms with Gasteiger partial charge < -0.3 is 20.2 Å². The van der Waals surface area contributed by atoms with Gasteiger partial charge in [-0.3, -0.25) is 0 Å². The Kier molecular flexibility index (Phi) is 4.92. The molecule has 2 aromatic heterocycles. The van der Waals surface area contributed by atoms with Crippen molar-refractivity contribution in [2.75, 3.05) is 17.2 Å². The lowest BCUT2D eigenvalue weighted by Gasteiger charge is -2.29. The minimum absolute atomic E-state index is 0.00487. The topological polar surface area (TPSA) is 101 Å². The van der Waals surface area contributed by atoms with E-state index in [0.717, 1.165) is 44.6 Å². The molecule has 158 valence electrons. The fourth-order valence-corrected chi connectivity index (χ4v) is 4.20. The number of aromatic nitrogens is 3. The highest BCUT2D eigenvalue weighted by molar-refractivity contribution is 5.71. The van der Waals surface area contributed by atoms with E-state index >= 15 is 0 Å². The van der Waals surface area contributed by atoms with E-state index in [4.69, 9.17) is 10.2 Å². The molecule has 29 heavy (non-hydrogen) atoms. The highest BCUT2D eigenvalue weighted by Gasteiger charge is 2.40. The van der Waals surface area contributed by atoms with Crippen LogP contribution in [0.25, 0.3) is 11.6 Å². The summed E-state index contributed by atoms with van der Waals surface area (Å²) in [7, 11) is 0. The van der Waals surface area contributed by atoms with Crippen molar-refractivity contribution in [3.63, 3.8) is 0 Å². The summed E-state index contributed by atoms with van der Waals surface area (Å²) in [6, 6.07) is 0.878. The molecule has 7 nitrogen and oxygen atoms in total. The third-order valence-electron chi connectivity index (χ3n) is 5.78. The molecule has 0 amide bonds. The van der Waals surface area contributed by atoms with Crippen LogP contribution in [0.5, 0.6) is 0 Å². The summed E-state index contributed by atoms with van der Waals surface area (Å²) in [5.74, 6) is -0.236. The van der Waals surface area contributed by atoms with E-state index in [0.29, 0.717) is 13.0 Å². The number of anilines is 2. The normalized spacial score (nSPS) is 25.6. The van der Waals surface area contributed by atoms with E-state index in [2.05, 4.69) is 15.2 Å². The predicted octanol–water partition coefficient (Wildman–Crippen LogP) is 3.87. The molecule has 4 rings (SSSR count). The number of aliphatic hydroxyl groups is 1. The Labute approximate surface area is 166 Å². The molecule has 4 heterocycles. The molecular weight excluding hydrogens is 387 g/mol. The van der Waals surface area contributed by atoms with Crippen LogP contribution < -0.4 is 10.6 Å². The van der Waals surface area contributed by atoms with Crippen LogP contribution in [0.1, 0.15) is 63.3 Å². The smallest absolute Gasteiger partial charge is 0.416 e. The van der Waals surface area contributed by atoms with Crippen LogP contribution in [-0.4, -0.2) is 32.9 Å². The van der Waals surface area contributed by atoms with Crippen LogP contribution in [0.3, 0.4) is 0 Å². The summed E-state index contributed by atoms with van der Waals surface area (Å²) in [6.45, 7) is 2.09. The van der Waals surface area contributed by atoms with Gasteiger partial charge in [0.25, 0.3) is 5.89 Å². The second-order valence-corrected chi connectivity index (χ2v) is 8.07. The van der Waals surface area contributed by atoms with Crippen LogP contribution in [0.15, 0.2) is 10.5 Å². The first-order valence-electron chi connectivity index (χ1n) is 9.88. The lowest BCUT2D eigenvalue weighted by molar-refractivity contribution is -0.137. The van der Waals surface area contributed by atoms with Gasteiger partial charge in [-0.25, -0.2) is 4.98 Å². The second kappa shape index (κ2) is 7.16. The SMILES string of the molecule is CC1(O)CCCCC[C@@H]2CCCN2c2nc(c(N)cc2C(F)(F)F)-c2nnc1o2. The highest BCUT2D eigenvalue weighted by atomic mass is 19.4. The first-order valence-corrected chi connectivity index (χ1v) is 9.88. The van der Waals surface area contributed by atoms with Crippen molar-refractivity contribution in [2.45, 2.75) is 69.7 Å². The maximum atomic E-state index is 13.8. The number of pyridine rings is 1. The molecule has 0 radical (unpaired) electrons. The molecule has 0 aromatic carbocycles. The van der Waals surface area contributed by atoms with Crippen LogP contribution in [0.4, 0.5) is 24.7 Å². The average molecular weight is 411 g/mol. The van der Waals surface area contributed by atoms with Gasteiger partial charge in [-0.1, -0.05) is 19.3 Å². The van der Waals surface area contributed by atoms with Gasteiger partial charge in [0.1, 0.15) is 17.0 Å². The minimum atomic E-state index is -4.59. The number of fused-ring (bicyclic) bond motifs is 7. The van der Waals surface area contributed by atoms with Crippen molar-refractivity contribution >= 4 is 11.5 Å². The Hall–Kier alpha value is -2.36. The minimum Gasteiger partial charge on any atom is -0.416 e. The molecule has 0 spiro atoms. The molecule has 4 bridgehead atoms. The maximum Gasteiger partial charge on any atom is 0.420 e. The molecule has 2 aliphatic rings. The number of nitrogens with two attached hydrogens (primary N) is 1. The lowest BCUT2D eigenvalue weighted by Crippen LogP contribution is -2.32. The average Bonchev–Trinajstić information content (AvgIpc) is 3.29. The largest absolute Gasteiger partial charge is 0.420 e. The Morgan fingerprint density at radius 2 is 1.97 bits per heavy atom.